The molecule has 1 saturated heterocycles. The molecule has 1 aliphatic heterocycles. The highest BCUT2D eigenvalue weighted by Gasteiger charge is 2.26. The van der Waals surface area contributed by atoms with E-state index in [2.05, 4.69) is 10.3 Å². The summed E-state index contributed by atoms with van der Waals surface area (Å²) in [5, 5.41) is 4.37. The second kappa shape index (κ2) is 9.58. The molecule has 1 fully saturated rings. The second-order valence-electron chi connectivity index (χ2n) is 7.58. The Morgan fingerprint density at radius 2 is 1.81 bits per heavy atom. The number of rotatable bonds is 6. The van der Waals surface area contributed by atoms with Crippen LogP contribution < -0.4 is 5.32 Å². The fourth-order valence-electron chi connectivity index (χ4n) is 3.50. The molecule has 0 radical (unpaired) electrons. The SMILES string of the molecule is Cc1cc(SC(C)C(=O)Nc2ccc(S(=O)(=O)N3CCOCC3)cc2)nc2ccccc12. The first kappa shape index (κ1) is 22.7. The van der Waals surface area contributed by atoms with E-state index in [1.165, 1.54) is 28.2 Å². The maximum Gasteiger partial charge on any atom is 0.243 e. The molecular formula is C23H25N3O4S2. The Morgan fingerprint density at radius 3 is 2.53 bits per heavy atom. The molecule has 32 heavy (non-hydrogen) atoms. The number of thioether (sulfide) groups is 1. The molecule has 0 aliphatic carbocycles. The van der Waals surface area contributed by atoms with Gasteiger partial charge in [0.25, 0.3) is 0 Å². The van der Waals surface area contributed by atoms with Crippen molar-refractivity contribution in [3.8, 4) is 0 Å². The number of fused-ring (bicyclic) bond motifs is 1. The molecule has 1 aliphatic rings. The minimum atomic E-state index is -3.56. The van der Waals surface area contributed by atoms with Crippen LogP contribution in [0.25, 0.3) is 10.9 Å². The topological polar surface area (TPSA) is 88.6 Å². The minimum absolute atomic E-state index is 0.175. The zero-order valence-electron chi connectivity index (χ0n) is 17.9. The lowest BCUT2D eigenvalue weighted by molar-refractivity contribution is -0.115. The first-order valence-electron chi connectivity index (χ1n) is 10.4. The molecule has 2 heterocycles. The minimum Gasteiger partial charge on any atom is -0.379 e. The van der Waals surface area contributed by atoms with Crippen LogP contribution in [0.1, 0.15) is 12.5 Å². The van der Waals surface area contributed by atoms with Gasteiger partial charge in [-0.25, -0.2) is 13.4 Å². The van der Waals surface area contributed by atoms with Gasteiger partial charge in [0.1, 0.15) is 0 Å². The van der Waals surface area contributed by atoms with E-state index >= 15 is 0 Å². The molecule has 9 heteroatoms. The van der Waals surface area contributed by atoms with Gasteiger partial charge >= 0.3 is 0 Å². The van der Waals surface area contributed by atoms with Crippen molar-refractivity contribution in [1.82, 2.24) is 9.29 Å². The lowest BCUT2D eigenvalue weighted by Crippen LogP contribution is -2.40. The third-order valence-corrected chi connectivity index (χ3v) is 8.23. The molecule has 1 N–H and O–H groups in total. The summed E-state index contributed by atoms with van der Waals surface area (Å²) in [5.41, 5.74) is 2.56. The Hall–Kier alpha value is -2.46. The van der Waals surface area contributed by atoms with E-state index < -0.39 is 10.0 Å². The van der Waals surface area contributed by atoms with Gasteiger partial charge in [-0.2, -0.15) is 4.31 Å². The predicted octanol–water partition coefficient (Wildman–Crippen LogP) is 3.68. The first-order valence-corrected chi connectivity index (χ1v) is 12.7. The molecule has 0 saturated carbocycles. The van der Waals surface area contributed by atoms with Crippen LogP contribution in [0, 0.1) is 6.92 Å². The summed E-state index contributed by atoms with van der Waals surface area (Å²) in [6, 6.07) is 16.2. The van der Waals surface area contributed by atoms with E-state index in [9.17, 15) is 13.2 Å². The van der Waals surface area contributed by atoms with Crippen LogP contribution in [0.5, 0.6) is 0 Å². The average molecular weight is 472 g/mol. The number of nitrogens with zero attached hydrogens (tertiary/aromatic N) is 2. The standard InChI is InChI=1S/C23H25N3O4S2/c1-16-15-22(25-21-6-4-3-5-20(16)21)31-17(2)23(27)24-18-7-9-19(10-8-18)32(28,29)26-11-13-30-14-12-26/h3-10,15,17H,11-14H2,1-2H3,(H,24,27). The van der Waals surface area contributed by atoms with Crippen molar-refractivity contribution >= 4 is 44.3 Å². The Labute approximate surface area is 192 Å². The average Bonchev–Trinajstić information content (AvgIpc) is 2.80. The van der Waals surface area contributed by atoms with Crippen LogP contribution in [0.15, 0.2) is 64.5 Å². The van der Waals surface area contributed by atoms with Gasteiger partial charge in [0.15, 0.2) is 0 Å². The maximum atomic E-state index is 12.7. The number of anilines is 1. The van der Waals surface area contributed by atoms with Crippen molar-refractivity contribution < 1.29 is 17.9 Å². The van der Waals surface area contributed by atoms with Crippen molar-refractivity contribution in [2.45, 2.75) is 29.0 Å². The van der Waals surface area contributed by atoms with Gasteiger partial charge in [-0.3, -0.25) is 4.79 Å². The number of aryl methyl sites for hydroxylation is 1. The number of hydrogen-bond acceptors (Lipinski definition) is 6. The number of aromatic nitrogens is 1. The highest BCUT2D eigenvalue weighted by molar-refractivity contribution is 8.00. The van der Waals surface area contributed by atoms with Gasteiger partial charge in [-0.15, -0.1) is 0 Å². The summed E-state index contributed by atoms with van der Waals surface area (Å²) in [7, 11) is -3.56. The highest BCUT2D eigenvalue weighted by atomic mass is 32.2. The van der Waals surface area contributed by atoms with Gasteiger partial charge in [0.05, 0.1) is 33.9 Å². The largest absolute Gasteiger partial charge is 0.379 e. The predicted molar refractivity (Wildman–Crippen MR) is 126 cm³/mol. The number of benzene rings is 2. The number of ether oxygens (including phenoxy) is 1. The summed E-state index contributed by atoms with van der Waals surface area (Å²) in [6.07, 6.45) is 0. The van der Waals surface area contributed by atoms with Gasteiger partial charge in [-0.05, 0) is 55.8 Å². The Balaban J connectivity index is 1.41. The third kappa shape index (κ3) is 4.96. The zero-order chi connectivity index (χ0) is 22.7. The van der Waals surface area contributed by atoms with Gasteiger partial charge in [0, 0.05) is 24.2 Å². The summed E-state index contributed by atoms with van der Waals surface area (Å²) in [6.45, 7) is 5.34. The lowest BCUT2D eigenvalue weighted by atomic mass is 10.1. The Morgan fingerprint density at radius 1 is 1.12 bits per heavy atom. The van der Waals surface area contributed by atoms with Crippen LogP contribution in [-0.4, -0.2) is 55.2 Å². The fraction of sp³-hybridized carbons (Fsp3) is 0.304. The number of morpholine rings is 1. The van der Waals surface area contributed by atoms with Crippen molar-refractivity contribution in [2.75, 3.05) is 31.6 Å². The van der Waals surface area contributed by atoms with E-state index in [0.717, 1.165) is 21.5 Å². The number of hydrogen-bond donors (Lipinski definition) is 1. The van der Waals surface area contributed by atoms with Crippen LogP contribution in [0.4, 0.5) is 5.69 Å². The summed E-state index contributed by atoms with van der Waals surface area (Å²) in [4.78, 5) is 17.5. The number of carbonyl (C=O) groups is 1. The monoisotopic (exact) mass is 471 g/mol. The van der Waals surface area contributed by atoms with Crippen molar-refractivity contribution in [1.29, 1.82) is 0 Å². The number of pyridine rings is 1. The molecule has 1 atom stereocenters. The smallest absolute Gasteiger partial charge is 0.243 e. The molecule has 1 amide bonds. The molecule has 2 aromatic carbocycles. The second-order valence-corrected chi connectivity index (χ2v) is 10.9. The van der Waals surface area contributed by atoms with E-state index in [1.807, 2.05) is 44.2 Å². The maximum absolute atomic E-state index is 12.7. The van der Waals surface area contributed by atoms with E-state index in [0.29, 0.717) is 32.0 Å². The quantitative estimate of drug-likeness (QED) is 0.552. The molecule has 3 aromatic rings. The van der Waals surface area contributed by atoms with E-state index in [4.69, 9.17) is 4.74 Å². The molecule has 7 nitrogen and oxygen atoms in total. The lowest BCUT2D eigenvalue weighted by Gasteiger charge is -2.26. The van der Waals surface area contributed by atoms with Crippen LogP contribution in [-0.2, 0) is 19.6 Å². The molecular weight excluding hydrogens is 446 g/mol. The zero-order valence-corrected chi connectivity index (χ0v) is 19.6. The summed E-state index contributed by atoms with van der Waals surface area (Å²) < 4.78 is 32.1. The highest BCUT2D eigenvalue weighted by Crippen LogP contribution is 2.27. The summed E-state index contributed by atoms with van der Waals surface area (Å²) in [5.74, 6) is -0.175. The van der Waals surface area contributed by atoms with E-state index in [1.54, 1.807) is 12.1 Å². The normalized spacial score (nSPS) is 16.1. The van der Waals surface area contributed by atoms with Crippen LogP contribution in [0.3, 0.4) is 0 Å². The van der Waals surface area contributed by atoms with Crippen molar-refractivity contribution in [2.24, 2.45) is 0 Å². The number of amides is 1. The molecule has 4 rings (SSSR count). The van der Waals surface area contributed by atoms with Crippen LogP contribution in [0.2, 0.25) is 0 Å². The fourth-order valence-corrected chi connectivity index (χ4v) is 5.84. The first-order chi connectivity index (χ1) is 15.3. The molecule has 168 valence electrons. The number of sulfonamides is 1. The van der Waals surface area contributed by atoms with Gasteiger partial charge < -0.3 is 10.1 Å². The number of carbonyl (C=O) groups excluding carboxylic acids is 1. The summed E-state index contributed by atoms with van der Waals surface area (Å²) >= 11 is 1.39. The Kier molecular flexibility index (Phi) is 6.80. The molecule has 0 bridgehead atoms. The van der Waals surface area contributed by atoms with Gasteiger partial charge in [-0.1, -0.05) is 30.0 Å². The van der Waals surface area contributed by atoms with Crippen molar-refractivity contribution in [3.63, 3.8) is 0 Å². The Bertz CT molecular complexity index is 1220. The van der Waals surface area contributed by atoms with E-state index in [-0.39, 0.29) is 16.1 Å². The number of nitrogens with one attached hydrogen (secondary N) is 1. The third-order valence-electron chi connectivity index (χ3n) is 5.30. The number of para-hydroxylation sites is 1. The van der Waals surface area contributed by atoms with Crippen LogP contribution >= 0.6 is 11.8 Å². The van der Waals surface area contributed by atoms with Crippen molar-refractivity contribution in [3.05, 3.63) is 60.2 Å². The molecule has 1 unspecified atom stereocenters. The van der Waals surface area contributed by atoms with Gasteiger partial charge in [0.2, 0.25) is 15.9 Å². The molecule has 0 spiro atoms. The molecule has 1 aromatic heterocycles.